The van der Waals surface area contributed by atoms with E-state index in [2.05, 4.69) is 92.5 Å². The van der Waals surface area contributed by atoms with Gasteiger partial charge in [-0.3, -0.25) is 0 Å². The molecule has 1 aliphatic heterocycles. The molecule has 7 atom stereocenters. The van der Waals surface area contributed by atoms with E-state index >= 15 is 0 Å². The smallest absolute Gasteiger partial charge is 0.171 e. The van der Waals surface area contributed by atoms with Crippen molar-refractivity contribution < 1.29 is 18.7 Å². The van der Waals surface area contributed by atoms with Crippen molar-refractivity contribution in [3.8, 4) is 0 Å². The number of hydrogen-bond donors (Lipinski definition) is 1. The first-order valence-electron chi connectivity index (χ1n) is 15.0. The van der Waals surface area contributed by atoms with E-state index in [1.165, 1.54) is 6.42 Å². The standard InChI is InChI=1S/C31H58O4Si2/c1-12-29(28(5,6)7,17-13-14-19-33-36(8)9)18-15-16-23-24(27(2,3)4)21-31(35-37(10)11)25(23)20-30(22-32)26(31)34-30/h12,15-16,23-26,32,36-37H,1,13-14,17-22H2,2-11H3/t23-,24+,25-,26?,29?,30?,31-/m0/s1. The van der Waals surface area contributed by atoms with Gasteiger partial charge in [0.25, 0.3) is 0 Å². The van der Waals surface area contributed by atoms with Gasteiger partial charge in [0.15, 0.2) is 18.1 Å². The van der Waals surface area contributed by atoms with Gasteiger partial charge in [0, 0.05) is 6.61 Å². The lowest BCUT2D eigenvalue weighted by Gasteiger charge is -2.43. The lowest BCUT2D eigenvalue weighted by atomic mass is 9.62. The van der Waals surface area contributed by atoms with Crippen LogP contribution in [0.15, 0.2) is 24.8 Å². The monoisotopic (exact) mass is 550 g/mol. The van der Waals surface area contributed by atoms with Crippen molar-refractivity contribution in [3.05, 3.63) is 24.8 Å². The van der Waals surface area contributed by atoms with Gasteiger partial charge in [-0.1, -0.05) is 66.2 Å². The summed E-state index contributed by atoms with van der Waals surface area (Å²) in [5.74, 6) is 1.39. The summed E-state index contributed by atoms with van der Waals surface area (Å²) in [6.45, 7) is 28.7. The topological polar surface area (TPSA) is 51.2 Å². The SMILES string of the molecule is C=CC(CC=C[C@H]1[C@H](C(C)(C)C)C[C@@]2(O[SiH](C)C)C3OC3(CO)C[C@@H]12)(CCCCO[SiH](C)C)C(C)(C)C. The molecule has 214 valence electrons. The highest BCUT2D eigenvalue weighted by molar-refractivity contribution is 6.48. The molecule has 6 heteroatoms. The summed E-state index contributed by atoms with van der Waals surface area (Å²) in [6.07, 6.45) is 13.7. The van der Waals surface area contributed by atoms with Crippen LogP contribution in [0.4, 0.5) is 0 Å². The largest absolute Gasteiger partial charge is 0.421 e. The Kier molecular flexibility index (Phi) is 9.57. The summed E-state index contributed by atoms with van der Waals surface area (Å²) in [5, 5.41) is 10.2. The van der Waals surface area contributed by atoms with Crippen LogP contribution < -0.4 is 0 Å². The number of fused-ring (bicyclic) bond motifs is 3. The fourth-order valence-electron chi connectivity index (χ4n) is 7.67. The zero-order valence-corrected chi connectivity index (χ0v) is 28.0. The van der Waals surface area contributed by atoms with E-state index < -0.39 is 18.1 Å². The van der Waals surface area contributed by atoms with Crippen LogP contribution in [0, 0.1) is 34.0 Å². The Bertz CT molecular complexity index is 813. The Labute approximate surface area is 232 Å². The highest BCUT2D eigenvalue weighted by atomic mass is 28.3. The number of ether oxygens (including phenoxy) is 1. The van der Waals surface area contributed by atoms with Crippen LogP contribution in [0.5, 0.6) is 0 Å². The highest BCUT2D eigenvalue weighted by Crippen LogP contribution is 2.69. The summed E-state index contributed by atoms with van der Waals surface area (Å²) in [4.78, 5) is 0. The van der Waals surface area contributed by atoms with E-state index in [4.69, 9.17) is 13.6 Å². The van der Waals surface area contributed by atoms with Crippen molar-refractivity contribution in [2.45, 2.75) is 124 Å². The summed E-state index contributed by atoms with van der Waals surface area (Å²) >= 11 is 0. The minimum absolute atomic E-state index is 0.0558. The molecule has 0 amide bonds. The van der Waals surface area contributed by atoms with Gasteiger partial charge >= 0.3 is 0 Å². The van der Waals surface area contributed by atoms with Gasteiger partial charge in [-0.15, -0.1) is 6.58 Å². The number of rotatable bonds is 13. The predicted octanol–water partition coefficient (Wildman–Crippen LogP) is 6.89. The lowest BCUT2D eigenvalue weighted by Crippen LogP contribution is -2.43. The van der Waals surface area contributed by atoms with Gasteiger partial charge in [0.1, 0.15) is 11.7 Å². The van der Waals surface area contributed by atoms with Gasteiger partial charge in [0.05, 0.1) is 12.2 Å². The molecule has 0 bridgehead atoms. The fraction of sp³-hybridized carbons (Fsp3) is 0.871. The molecule has 3 aliphatic rings. The number of aliphatic hydroxyl groups excluding tert-OH is 1. The van der Waals surface area contributed by atoms with Crippen molar-refractivity contribution in [1.82, 2.24) is 0 Å². The molecule has 3 unspecified atom stereocenters. The van der Waals surface area contributed by atoms with Crippen molar-refractivity contribution in [1.29, 1.82) is 0 Å². The molecular weight excluding hydrogens is 493 g/mol. The highest BCUT2D eigenvalue weighted by Gasteiger charge is 2.79. The van der Waals surface area contributed by atoms with Crippen LogP contribution in [0.1, 0.15) is 80.1 Å². The molecular formula is C31H58O4Si2. The molecule has 3 fully saturated rings. The number of hydrogen-bond acceptors (Lipinski definition) is 4. The molecule has 1 saturated heterocycles. The Morgan fingerprint density at radius 3 is 2.22 bits per heavy atom. The van der Waals surface area contributed by atoms with Crippen molar-refractivity contribution in [2.75, 3.05) is 13.2 Å². The Hall–Kier alpha value is -0.246. The number of unbranched alkanes of at least 4 members (excludes halogenated alkanes) is 1. The first-order valence-corrected chi connectivity index (χ1v) is 20.5. The maximum absolute atomic E-state index is 10.2. The van der Waals surface area contributed by atoms with Crippen LogP contribution in [-0.2, 0) is 13.6 Å². The van der Waals surface area contributed by atoms with E-state index in [9.17, 15) is 5.11 Å². The molecule has 1 heterocycles. The van der Waals surface area contributed by atoms with Gasteiger partial charge in [0.2, 0.25) is 0 Å². The summed E-state index contributed by atoms with van der Waals surface area (Å²) in [7, 11) is -2.23. The fourth-order valence-corrected chi connectivity index (χ4v) is 9.58. The van der Waals surface area contributed by atoms with Crippen molar-refractivity contribution >= 4 is 18.1 Å². The van der Waals surface area contributed by atoms with Gasteiger partial charge in [-0.2, -0.15) is 0 Å². The minimum atomic E-state index is -1.28. The minimum Gasteiger partial charge on any atom is -0.421 e. The van der Waals surface area contributed by atoms with E-state index in [1.807, 2.05) is 0 Å². The molecule has 37 heavy (non-hydrogen) atoms. The second-order valence-electron chi connectivity index (χ2n) is 15.0. The summed E-state index contributed by atoms with van der Waals surface area (Å²) in [6, 6.07) is 0. The molecule has 4 nitrogen and oxygen atoms in total. The number of epoxide rings is 1. The zero-order valence-electron chi connectivity index (χ0n) is 25.7. The first kappa shape index (κ1) is 31.3. The normalized spacial score (nSPS) is 35.3. The molecule has 0 spiro atoms. The van der Waals surface area contributed by atoms with Crippen LogP contribution >= 0.6 is 0 Å². The third-order valence-corrected chi connectivity index (χ3v) is 11.7. The van der Waals surface area contributed by atoms with Crippen LogP contribution in [0.3, 0.4) is 0 Å². The Morgan fingerprint density at radius 1 is 1.03 bits per heavy atom. The van der Waals surface area contributed by atoms with Gasteiger partial charge < -0.3 is 18.7 Å². The molecule has 0 aromatic carbocycles. The molecule has 2 saturated carbocycles. The summed E-state index contributed by atoms with van der Waals surface area (Å²) < 4.78 is 19.1. The van der Waals surface area contributed by atoms with Gasteiger partial charge in [-0.05, 0) is 92.3 Å². The second kappa shape index (κ2) is 11.3. The Balaban J connectivity index is 1.83. The average molecular weight is 551 g/mol. The van der Waals surface area contributed by atoms with Crippen molar-refractivity contribution in [3.63, 3.8) is 0 Å². The van der Waals surface area contributed by atoms with Crippen LogP contribution in [-0.4, -0.2) is 53.7 Å². The maximum atomic E-state index is 10.2. The zero-order chi connectivity index (χ0) is 27.9. The van der Waals surface area contributed by atoms with Crippen LogP contribution in [0.2, 0.25) is 26.2 Å². The Morgan fingerprint density at radius 2 is 1.70 bits per heavy atom. The number of allylic oxidation sites excluding steroid dienone is 3. The van der Waals surface area contributed by atoms with Crippen molar-refractivity contribution in [2.24, 2.45) is 34.0 Å². The molecule has 0 aromatic rings. The third kappa shape index (κ3) is 6.25. The lowest BCUT2D eigenvalue weighted by molar-refractivity contribution is -0.0142. The third-order valence-electron chi connectivity index (χ3n) is 9.91. The van der Waals surface area contributed by atoms with E-state index in [0.29, 0.717) is 17.8 Å². The predicted molar refractivity (Wildman–Crippen MR) is 161 cm³/mol. The molecule has 3 rings (SSSR count). The average Bonchev–Trinajstić information content (AvgIpc) is 3.33. The number of aliphatic hydroxyl groups is 1. The summed E-state index contributed by atoms with van der Waals surface area (Å²) in [5.41, 5.74) is -0.217. The van der Waals surface area contributed by atoms with Gasteiger partial charge in [-0.25, -0.2) is 0 Å². The van der Waals surface area contributed by atoms with E-state index in [0.717, 1.165) is 38.7 Å². The molecule has 0 radical (unpaired) electrons. The second-order valence-corrected chi connectivity index (χ2v) is 19.8. The maximum Gasteiger partial charge on any atom is 0.171 e. The van der Waals surface area contributed by atoms with E-state index in [-0.39, 0.29) is 40.2 Å². The molecule has 1 N–H and O–H groups in total. The molecule has 2 aliphatic carbocycles. The quantitative estimate of drug-likeness (QED) is 0.117. The van der Waals surface area contributed by atoms with E-state index in [1.54, 1.807) is 0 Å². The van der Waals surface area contributed by atoms with Crippen LogP contribution in [0.25, 0.3) is 0 Å². The first-order chi connectivity index (χ1) is 17.1. The molecule has 0 aromatic heterocycles.